The van der Waals surface area contributed by atoms with E-state index in [1.54, 1.807) is 4.90 Å². The molecule has 0 aliphatic rings. The molecule has 0 bridgehead atoms. The minimum Gasteiger partial charge on any atom is -0.465 e. The average molecular weight is 438 g/mol. The number of carbonyl (C=O) groups is 4. The molecule has 1 atom stereocenters. The van der Waals surface area contributed by atoms with E-state index >= 15 is 0 Å². The molecule has 0 aromatic heterocycles. The van der Waals surface area contributed by atoms with E-state index < -0.39 is 30.7 Å². The van der Waals surface area contributed by atoms with Gasteiger partial charge in [0.2, 0.25) is 18.0 Å². The second-order valence-corrected chi connectivity index (χ2v) is 6.37. The Balaban J connectivity index is 2.48. The summed E-state index contributed by atoms with van der Waals surface area (Å²) in [6, 6.07) is 9.72. The van der Waals surface area contributed by atoms with E-state index in [0.717, 1.165) is 12.7 Å². The van der Waals surface area contributed by atoms with E-state index in [2.05, 4.69) is 15.4 Å². The van der Waals surface area contributed by atoms with E-state index in [0.29, 0.717) is 32.7 Å². The molecule has 4 amide bonds. The second kappa shape index (κ2) is 14.7. The normalized spacial score (nSPS) is 11.3. The Morgan fingerprint density at radius 2 is 1.77 bits per heavy atom. The number of ether oxygens (including phenoxy) is 2. The Labute approximate surface area is 181 Å². The summed E-state index contributed by atoms with van der Waals surface area (Å²) < 4.78 is 10.0. The lowest BCUT2D eigenvalue weighted by Gasteiger charge is -2.23. The van der Waals surface area contributed by atoms with Crippen molar-refractivity contribution in [1.82, 2.24) is 20.9 Å². The fourth-order valence-corrected chi connectivity index (χ4v) is 2.54. The zero-order valence-corrected chi connectivity index (χ0v) is 17.8. The maximum atomic E-state index is 12.6. The van der Waals surface area contributed by atoms with Crippen LogP contribution in [0, 0.1) is 0 Å². The molecule has 0 saturated heterocycles. The molecule has 0 saturated carbocycles. The zero-order chi connectivity index (χ0) is 23.1. The Kier molecular flexibility index (Phi) is 12.3. The number of carboxylic acid groups (broad SMARTS) is 1. The van der Waals surface area contributed by atoms with E-state index in [1.807, 2.05) is 42.6 Å². The number of carbonyl (C=O) groups excluding carboxylic acids is 3. The highest BCUT2D eigenvalue weighted by atomic mass is 16.5. The van der Waals surface area contributed by atoms with Gasteiger partial charge in [-0.15, -0.1) is 0 Å². The van der Waals surface area contributed by atoms with Gasteiger partial charge in [-0.1, -0.05) is 30.3 Å². The lowest BCUT2D eigenvalue weighted by molar-refractivity contribution is -0.135. The molecule has 172 valence electrons. The molecule has 1 rings (SSSR count). The van der Waals surface area contributed by atoms with Crippen LogP contribution in [0.3, 0.4) is 0 Å². The molecule has 0 spiro atoms. The Morgan fingerprint density at radius 3 is 2.39 bits per heavy atom. The summed E-state index contributed by atoms with van der Waals surface area (Å²) in [7, 11) is 1.14. The third-order valence-electron chi connectivity index (χ3n) is 4.16. The lowest BCUT2D eigenvalue weighted by Crippen LogP contribution is -2.50. The molecule has 0 heterocycles. The van der Waals surface area contributed by atoms with Gasteiger partial charge in [0.1, 0.15) is 0 Å². The largest absolute Gasteiger partial charge is 0.465 e. The van der Waals surface area contributed by atoms with Gasteiger partial charge in [0.25, 0.3) is 5.91 Å². The van der Waals surface area contributed by atoms with E-state index in [-0.39, 0.29) is 12.5 Å². The Bertz CT molecular complexity index is 715. The van der Waals surface area contributed by atoms with E-state index in [4.69, 9.17) is 9.84 Å². The molecule has 1 unspecified atom stereocenters. The van der Waals surface area contributed by atoms with Gasteiger partial charge in [0, 0.05) is 26.8 Å². The van der Waals surface area contributed by atoms with Crippen molar-refractivity contribution in [2.24, 2.45) is 0 Å². The third kappa shape index (κ3) is 11.0. The Hall–Kier alpha value is -3.18. The van der Waals surface area contributed by atoms with Gasteiger partial charge >= 0.3 is 6.09 Å². The lowest BCUT2D eigenvalue weighted by atomic mass is 10.1. The van der Waals surface area contributed by atoms with Crippen LogP contribution in [-0.4, -0.2) is 86.6 Å². The maximum Gasteiger partial charge on any atom is 0.407 e. The molecule has 0 fully saturated rings. The van der Waals surface area contributed by atoms with Crippen molar-refractivity contribution < 1.29 is 33.8 Å². The molecule has 0 aliphatic heterocycles. The Morgan fingerprint density at radius 1 is 1.06 bits per heavy atom. The van der Waals surface area contributed by atoms with Crippen LogP contribution in [-0.2, 0) is 30.3 Å². The highest BCUT2D eigenvalue weighted by Crippen LogP contribution is 2.02. The standard InChI is InChI=1S/C20H30N4O7/c1-3-31-12-11-24(10-9-15-7-5-4-6-8-15)17(26)14-21-16(25)13-22-18(27)19(30-2)23-20(28)29/h4-8,19,23H,3,9-14H2,1-2H3,(H,21,25)(H,22,27)(H,28,29). The quantitative estimate of drug-likeness (QED) is 0.228. The average Bonchev–Trinajstić information content (AvgIpc) is 2.77. The molecule has 11 nitrogen and oxygen atoms in total. The van der Waals surface area contributed by atoms with Gasteiger partial charge < -0.3 is 30.1 Å². The number of benzene rings is 1. The van der Waals surface area contributed by atoms with Crippen molar-refractivity contribution >= 4 is 23.8 Å². The molecule has 31 heavy (non-hydrogen) atoms. The highest BCUT2D eigenvalue weighted by molar-refractivity contribution is 5.90. The number of amides is 4. The highest BCUT2D eigenvalue weighted by Gasteiger charge is 2.20. The van der Waals surface area contributed by atoms with Crippen LogP contribution in [0.2, 0.25) is 0 Å². The minimum atomic E-state index is -1.45. The van der Waals surface area contributed by atoms with E-state index in [1.165, 1.54) is 0 Å². The number of nitrogens with zero attached hydrogens (tertiary/aromatic N) is 1. The summed E-state index contributed by atoms with van der Waals surface area (Å²) in [5.74, 6) is -1.70. The molecule has 1 aromatic rings. The first-order valence-electron chi connectivity index (χ1n) is 9.83. The fraction of sp³-hybridized carbons (Fsp3) is 0.500. The summed E-state index contributed by atoms with van der Waals surface area (Å²) in [6.07, 6.45) is -2.23. The number of hydrogen-bond donors (Lipinski definition) is 4. The van der Waals surface area contributed by atoms with Crippen molar-refractivity contribution in [1.29, 1.82) is 0 Å². The molecular formula is C20H30N4O7. The van der Waals surface area contributed by atoms with Crippen molar-refractivity contribution in [3.8, 4) is 0 Å². The van der Waals surface area contributed by atoms with Crippen molar-refractivity contribution in [3.63, 3.8) is 0 Å². The number of rotatable bonds is 14. The fourth-order valence-electron chi connectivity index (χ4n) is 2.54. The van der Waals surface area contributed by atoms with Crippen LogP contribution < -0.4 is 16.0 Å². The van der Waals surface area contributed by atoms with Gasteiger partial charge in [-0.05, 0) is 18.9 Å². The number of hydrogen-bond acceptors (Lipinski definition) is 6. The first-order chi connectivity index (χ1) is 14.9. The van der Waals surface area contributed by atoms with Crippen LogP contribution in [0.25, 0.3) is 0 Å². The van der Waals surface area contributed by atoms with Crippen molar-refractivity contribution in [2.75, 3.05) is 46.5 Å². The molecule has 0 aliphatic carbocycles. The van der Waals surface area contributed by atoms with Crippen molar-refractivity contribution in [2.45, 2.75) is 19.6 Å². The first kappa shape index (κ1) is 25.9. The van der Waals surface area contributed by atoms with Gasteiger partial charge in [0.05, 0.1) is 19.7 Å². The number of methoxy groups -OCH3 is 1. The van der Waals surface area contributed by atoms with Crippen molar-refractivity contribution in [3.05, 3.63) is 35.9 Å². The summed E-state index contributed by atoms with van der Waals surface area (Å²) in [5.41, 5.74) is 1.09. The third-order valence-corrected chi connectivity index (χ3v) is 4.16. The topological polar surface area (TPSA) is 146 Å². The maximum absolute atomic E-state index is 12.6. The summed E-state index contributed by atoms with van der Waals surface area (Å²) in [6.45, 7) is 2.98. The predicted octanol–water partition coefficient (Wildman–Crippen LogP) is -0.433. The van der Waals surface area contributed by atoms with Gasteiger partial charge in [0.15, 0.2) is 0 Å². The summed E-state index contributed by atoms with van der Waals surface area (Å²) >= 11 is 0. The van der Waals surface area contributed by atoms with Crippen LogP contribution >= 0.6 is 0 Å². The van der Waals surface area contributed by atoms with Gasteiger partial charge in [-0.3, -0.25) is 19.7 Å². The zero-order valence-electron chi connectivity index (χ0n) is 17.8. The minimum absolute atomic E-state index is 0.239. The first-order valence-corrected chi connectivity index (χ1v) is 9.83. The SMILES string of the molecule is CCOCCN(CCc1ccccc1)C(=O)CNC(=O)CNC(=O)C(NC(=O)O)OC. The summed E-state index contributed by atoms with van der Waals surface area (Å²) in [5, 5.41) is 15.2. The number of nitrogens with one attached hydrogen (secondary N) is 3. The van der Waals surface area contributed by atoms with Gasteiger partial charge in [-0.25, -0.2) is 4.79 Å². The summed E-state index contributed by atoms with van der Waals surface area (Å²) in [4.78, 5) is 48.5. The molecule has 1 aromatic carbocycles. The van der Waals surface area contributed by atoms with Crippen LogP contribution in [0.15, 0.2) is 30.3 Å². The van der Waals surface area contributed by atoms with Gasteiger partial charge in [-0.2, -0.15) is 0 Å². The smallest absolute Gasteiger partial charge is 0.407 e. The monoisotopic (exact) mass is 438 g/mol. The molecule has 11 heteroatoms. The molecule has 0 radical (unpaired) electrons. The second-order valence-electron chi connectivity index (χ2n) is 6.37. The van der Waals surface area contributed by atoms with Crippen LogP contribution in [0.1, 0.15) is 12.5 Å². The molecule has 4 N–H and O–H groups in total. The predicted molar refractivity (Wildman–Crippen MR) is 111 cm³/mol. The molecular weight excluding hydrogens is 408 g/mol. The van der Waals surface area contributed by atoms with Crippen LogP contribution in [0.4, 0.5) is 4.79 Å². The van der Waals surface area contributed by atoms with Crippen LogP contribution in [0.5, 0.6) is 0 Å². The van der Waals surface area contributed by atoms with E-state index in [9.17, 15) is 19.2 Å².